The molecule has 4 rings (SSSR count). The van der Waals surface area contributed by atoms with Gasteiger partial charge >= 0.3 is 0 Å². The van der Waals surface area contributed by atoms with E-state index in [2.05, 4.69) is 0 Å². The number of aryl methyl sites for hydroxylation is 2. The normalized spacial score (nSPS) is 16.7. The van der Waals surface area contributed by atoms with Gasteiger partial charge in [-0.25, -0.2) is 8.42 Å². The molecule has 0 atom stereocenters. The first-order valence-corrected chi connectivity index (χ1v) is 10.4. The van der Waals surface area contributed by atoms with E-state index in [1.165, 1.54) is 0 Å². The van der Waals surface area contributed by atoms with Gasteiger partial charge in [0.2, 0.25) is 10.0 Å². The van der Waals surface area contributed by atoms with Crippen molar-refractivity contribution >= 4 is 10.0 Å². The summed E-state index contributed by atoms with van der Waals surface area (Å²) in [7, 11) is -2.03. The van der Waals surface area contributed by atoms with Gasteiger partial charge in [-0.05, 0) is 66.8 Å². The van der Waals surface area contributed by atoms with E-state index in [-0.39, 0.29) is 0 Å². The summed E-state index contributed by atoms with van der Waals surface area (Å²) in [5.41, 5.74) is 3.48. The van der Waals surface area contributed by atoms with Gasteiger partial charge in [0.05, 0.1) is 12.0 Å². The Bertz CT molecular complexity index is 977. The Morgan fingerprint density at radius 3 is 2.15 bits per heavy atom. The first-order valence-electron chi connectivity index (χ1n) is 8.97. The third-order valence-corrected chi connectivity index (χ3v) is 7.26. The first kappa shape index (κ1) is 18.1. The second-order valence-electron chi connectivity index (χ2n) is 6.94. The number of nitrogens with zero attached hydrogens (tertiary/aromatic N) is 1. The summed E-state index contributed by atoms with van der Waals surface area (Å²) in [6.45, 7) is 5.45. The van der Waals surface area contributed by atoms with Gasteiger partial charge < -0.3 is 14.2 Å². The van der Waals surface area contributed by atoms with E-state index < -0.39 is 10.0 Å². The van der Waals surface area contributed by atoms with Gasteiger partial charge in [-0.3, -0.25) is 0 Å². The Labute approximate surface area is 159 Å². The van der Waals surface area contributed by atoms with E-state index >= 15 is 0 Å². The third kappa shape index (κ3) is 3.15. The highest BCUT2D eigenvalue weighted by Gasteiger charge is 2.32. The van der Waals surface area contributed by atoms with Crippen LogP contribution in [0.25, 0.3) is 0 Å². The Hall–Kier alpha value is -2.25. The third-order valence-electron chi connectivity index (χ3n) is 5.11. The van der Waals surface area contributed by atoms with E-state index in [1.807, 2.05) is 26.0 Å². The molecule has 0 fully saturated rings. The van der Waals surface area contributed by atoms with Crippen molar-refractivity contribution in [1.82, 2.24) is 4.31 Å². The lowest BCUT2D eigenvalue weighted by Crippen LogP contribution is -2.36. The van der Waals surface area contributed by atoms with Crippen molar-refractivity contribution in [3.8, 4) is 17.2 Å². The molecular weight excluding hydrogens is 366 g/mol. The fraction of sp³-hybridized carbons (Fsp3) is 0.400. The maximum Gasteiger partial charge on any atom is 0.243 e. The highest BCUT2D eigenvalue weighted by molar-refractivity contribution is 7.89. The topological polar surface area (TPSA) is 65.1 Å². The number of sulfonamides is 1. The van der Waals surface area contributed by atoms with Gasteiger partial charge in [-0.1, -0.05) is 0 Å². The molecule has 7 heteroatoms. The van der Waals surface area contributed by atoms with Crippen LogP contribution in [0, 0.1) is 13.8 Å². The van der Waals surface area contributed by atoms with Crippen LogP contribution in [0.4, 0.5) is 0 Å². The molecule has 0 saturated heterocycles. The fourth-order valence-corrected chi connectivity index (χ4v) is 5.67. The van der Waals surface area contributed by atoms with Crippen LogP contribution in [0.15, 0.2) is 29.2 Å². The molecule has 2 aromatic rings. The van der Waals surface area contributed by atoms with Gasteiger partial charge in [0, 0.05) is 13.1 Å². The minimum absolute atomic E-state index is 0.333. The largest absolute Gasteiger partial charge is 0.497 e. The van der Waals surface area contributed by atoms with Crippen molar-refractivity contribution in [3.63, 3.8) is 0 Å². The molecule has 2 aliphatic heterocycles. The van der Waals surface area contributed by atoms with Crippen LogP contribution in [0.5, 0.6) is 17.2 Å². The molecule has 144 valence electrons. The second kappa shape index (κ2) is 6.73. The zero-order valence-corrected chi connectivity index (χ0v) is 16.6. The van der Waals surface area contributed by atoms with Crippen molar-refractivity contribution in [3.05, 3.63) is 46.5 Å². The predicted molar refractivity (Wildman–Crippen MR) is 101 cm³/mol. The fourth-order valence-electron chi connectivity index (χ4n) is 3.84. The second-order valence-corrected chi connectivity index (χ2v) is 8.82. The van der Waals surface area contributed by atoms with Gasteiger partial charge in [0.1, 0.15) is 19.0 Å². The van der Waals surface area contributed by atoms with Crippen molar-refractivity contribution in [2.75, 3.05) is 26.9 Å². The average Bonchev–Trinajstić information content (AvgIpc) is 2.64. The minimum atomic E-state index is -3.61. The SMILES string of the molecule is COc1cc(C)c(S(=O)(=O)N2CCc3cc4c(cc3C2)OCCO4)c(C)c1. The van der Waals surface area contributed by atoms with E-state index in [1.54, 1.807) is 23.5 Å². The summed E-state index contributed by atoms with van der Waals surface area (Å²) in [5, 5.41) is 0. The summed E-state index contributed by atoms with van der Waals surface area (Å²) in [6, 6.07) is 7.43. The molecule has 0 bridgehead atoms. The molecule has 0 spiro atoms. The molecular formula is C20H23NO5S. The van der Waals surface area contributed by atoms with Crippen LogP contribution in [0.3, 0.4) is 0 Å². The quantitative estimate of drug-likeness (QED) is 0.808. The van der Waals surface area contributed by atoms with E-state index in [0.29, 0.717) is 60.2 Å². The molecule has 0 aliphatic carbocycles. The summed E-state index contributed by atoms with van der Waals surface area (Å²) in [6.07, 6.45) is 0.652. The molecule has 2 heterocycles. The van der Waals surface area contributed by atoms with Gasteiger partial charge in [0.15, 0.2) is 11.5 Å². The molecule has 0 amide bonds. The summed E-state index contributed by atoms with van der Waals surface area (Å²) < 4.78 is 44.8. The van der Waals surface area contributed by atoms with Crippen LogP contribution >= 0.6 is 0 Å². The van der Waals surface area contributed by atoms with E-state index in [4.69, 9.17) is 14.2 Å². The number of hydrogen-bond donors (Lipinski definition) is 0. The molecule has 0 radical (unpaired) electrons. The van der Waals surface area contributed by atoms with E-state index in [9.17, 15) is 8.42 Å². The molecule has 0 aromatic heterocycles. The summed E-state index contributed by atoms with van der Waals surface area (Å²) in [4.78, 5) is 0.365. The number of rotatable bonds is 3. The number of methoxy groups -OCH3 is 1. The van der Waals surface area contributed by atoms with Gasteiger partial charge in [-0.15, -0.1) is 0 Å². The van der Waals surface area contributed by atoms with Crippen molar-refractivity contribution in [2.24, 2.45) is 0 Å². The zero-order valence-electron chi connectivity index (χ0n) is 15.7. The average molecular weight is 389 g/mol. The molecule has 0 N–H and O–H groups in total. The lowest BCUT2D eigenvalue weighted by atomic mass is 10.00. The summed E-state index contributed by atoms with van der Waals surface area (Å²) in [5.74, 6) is 2.10. The van der Waals surface area contributed by atoms with Crippen molar-refractivity contribution in [1.29, 1.82) is 0 Å². The number of fused-ring (bicyclic) bond motifs is 2. The lowest BCUT2D eigenvalue weighted by Gasteiger charge is -2.30. The van der Waals surface area contributed by atoms with E-state index in [0.717, 1.165) is 16.9 Å². The number of ether oxygens (including phenoxy) is 3. The minimum Gasteiger partial charge on any atom is -0.497 e. The molecule has 2 aromatic carbocycles. The molecule has 0 unspecified atom stereocenters. The first-order chi connectivity index (χ1) is 12.9. The van der Waals surface area contributed by atoms with Crippen LogP contribution < -0.4 is 14.2 Å². The van der Waals surface area contributed by atoms with Gasteiger partial charge in [-0.2, -0.15) is 4.31 Å². The smallest absolute Gasteiger partial charge is 0.243 e. The van der Waals surface area contributed by atoms with Crippen LogP contribution in [-0.4, -0.2) is 39.6 Å². The maximum absolute atomic E-state index is 13.4. The predicted octanol–water partition coefficient (Wildman–Crippen LogP) is 2.83. The number of benzene rings is 2. The lowest BCUT2D eigenvalue weighted by molar-refractivity contribution is 0.171. The molecule has 0 saturated carbocycles. The maximum atomic E-state index is 13.4. The molecule has 2 aliphatic rings. The van der Waals surface area contributed by atoms with Crippen LogP contribution in [0.2, 0.25) is 0 Å². The monoisotopic (exact) mass is 389 g/mol. The highest BCUT2D eigenvalue weighted by atomic mass is 32.2. The highest BCUT2D eigenvalue weighted by Crippen LogP contribution is 2.37. The van der Waals surface area contributed by atoms with Crippen LogP contribution in [0.1, 0.15) is 22.3 Å². The zero-order chi connectivity index (χ0) is 19.2. The Balaban J connectivity index is 1.69. The number of hydrogen-bond acceptors (Lipinski definition) is 5. The van der Waals surface area contributed by atoms with Crippen LogP contribution in [-0.2, 0) is 23.0 Å². The summed E-state index contributed by atoms with van der Waals surface area (Å²) >= 11 is 0. The van der Waals surface area contributed by atoms with Crippen molar-refractivity contribution < 1.29 is 22.6 Å². The molecule has 27 heavy (non-hydrogen) atoms. The van der Waals surface area contributed by atoms with Gasteiger partial charge in [0.25, 0.3) is 0 Å². The standard InChI is InChI=1S/C20H23NO5S/c1-13-8-17(24-3)9-14(2)20(13)27(22,23)21-5-4-15-10-18-19(11-16(15)12-21)26-7-6-25-18/h8-11H,4-7,12H2,1-3H3. The van der Waals surface area contributed by atoms with Crippen molar-refractivity contribution in [2.45, 2.75) is 31.7 Å². The molecule has 6 nitrogen and oxygen atoms in total. The Morgan fingerprint density at radius 1 is 0.963 bits per heavy atom. The Kier molecular flexibility index (Phi) is 4.52. The Morgan fingerprint density at radius 2 is 1.56 bits per heavy atom.